The number of hydrogen-bond acceptors (Lipinski definition) is 1. The highest BCUT2D eigenvalue weighted by atomic mass is 14.4. The molecule has 1 nitrogen and oxygen atoms in total. The van der Waals surface area contributed by atoms with Crippen LogP contribution in [0.5, 0.6) is 0 Å². The van der Waals surface area contributed by atoms with Crippen LogP contribution >= 0.6 is 0 Å². The van der Waals surface area contributed by atoms with Gasteiger partial charge in [-0.15, -0.1) is 0 Å². The van der Waals surface area contributed by atoms with Gasteiger partial charge in [-0.2, -0.15) is 0 Å². The third-order valence-corrected chi connectivity index (χ3v) is 4.20. The molecule has 2 aromatic carbocycles. The SMILES string of the molecule is C=C/C=C\C(=N)C(C)c1ccc2c(c1)Cc1ccccc1-2. The molecule has 2 aromatic rings. The van der Waals surface area contributed by atoms with E-state index in [1.807, 2.05) is 12.2 Å². The Morgan fingerprint density at radius 1 is 1.14 bits per heavy atom. The van der Waals surface area contributed by atoms with Crippen molar-refractivity contribution < 1.29 is 0 Å². The van der Waals surface area contributed by atoms with Crippen molar-refractivity contribution in [1.29, 1.82) is 5.41 Å². The summed E-state index contributed by atoms with van der Waals surface area (Å²) < 4.78 is 0. The van der Waals surface area contributed by atoms with Crippen molar-refractivity contribution in [2.24, 2.45) is 0 Å². The van der Waals surface area contributed by atoms with Gasteiger partial charge in [-0.05, 0) is 40.3 Å². The second-order valence-electron chi connectivity index (χ2n) is 5.52. The minimum atomic E-state index is 0.107. The van der Waals surface area contributed by atoms with Gasteiger partial charge in [-0.1, -0.05) is 68.1 Å². The number of fused-ring (bicyclic) bond motifs is 3. The molecule has 1 atom stereocenters. The summed E-state index contributed by atoms with van der Waals surface area (Å²) in [6.45, 7) is 5.73. The number of hydrogen-bond donors (Lipinski definition) is 1. The van der Waals surface area contributed by atoms with E-state index in [0.29, 0.717) is 5.71 Å². The third-order valence-electron chi connectivity index (χ3n) is 4.20. The molecular weight excluding hydrogens is 254 g/mol. The lowest BCUT2D eigenvalue weighted by Crippen LogP contribution is -2.05. The zero-order valence-corrected chi connectivity index (χ0v) is 12.3. The van der Waals surface area contributed by atoms with E-state index >= 15 is 0 Å². The molecule has 0 fully saturated rings. The largest absolute Gasteiger partial charge is 0.305 e. The monoisotopic (exact) mass is 273 g/mol. The smallest absolute Gasteiger partial charge is 0.0385 e. The van der Waals surface area contributed by atoms with Gasteiger partial charge in [0.1, 0.15) is 0 Å². The highest BCUT2D eigenvalue weighted by molar-refractivity contribution is 5.97. The van der Waals surface area contributed by atoms with Crippen LogP contribution in [-0.2, 0) is 6.42 Å². The molecule has 1 heteroatoms. The summed E-state index contributed by atoms with van der Waals surface area (Å²) in [6, 6.07) is 15.2. The number of benzene rings is 2. The Kier molecular flexibility index (Phi) is 3.57. The Balaban J connectivity index is 1.92. The van der Waals surface area contributed by atoms with Crippen molar-refractivity contribution in [3.8, 4) is 11.1 Å². The van der Waals surface area contributed by atoms with Crippen LogP contribution in [0.3, 0.4) is 0 Å². The zero-order chi connectivity index (χ0) is 14.8. The van der Waals surface area contributed by atoms with Crippen LogP contribution in [0.1, 0.15) is 29.5 Å². The molecule has 1 aliphatic carbocycles. The molecule has 0 amide bonds. The van der Waals surface area contributed by atoms with Crippen LogP contribution in [0, 0.1) is 5.41 Å². The van der Waals surface area contributed by atoms with E-state index in [4.69, 9.17) is 5.41 Å². The fourth-order valence-electron chi connectivity index (χ4n) is 2.93. The number of allylic oxidation sites excluding steroid dienone is 3. The van der Waals surface area contributed by atoms with E-state index < -0.39 is 0 Å². The van der Waals surface area contributed by atoms with E-state index in [0.717, 1.165) is 6.42 Å². The number of rotatable bonds is 4. The van der Waals surface area contributed by atoms with Crippen LogP contribution in [0.4, 0.5) is 0 Å². The maximum atomic E-state index is 8.13. The zero-order valence-electron chi connectivity index (χ0n) is 12.3. The van der Waals surface area contributed by atoms with Gasteiger partial charge < -0.3 is 5.41 Å². The van der Waals surface area contributed by atoms with Gasteiger partial charge in [-0.25, -0.2) is 0 Å². The summed E-state index contributed by atoms with van der Waals surface area (Å²) in [5.74, 6) is 0.107. The highest BCUT2D eigenvalue weighted by Crippen LogP contribution is 2.37. The molecule has 21 heavy (non-hydrogen) atoms. The first-order valence-electron chi connectivity index (χ1n) is 7.29. The first kappa shape index (κ1) is 13.6. The second-order valence-corrected chi connectivity index (χ2v) is 5.52. The predicted molar refractivity (Wildman–Crippen MR) is 90.2 cm³/mol. The van der Waals surface area contributed by atoms with Gasteiger partial charge in [0.15, 0.2) is 0 Å². The molecule has 0 bridgehead atoms. The fourth-order valence-corrected chi connectivity index (χ4v) is 2.93. The lowest BCUT2D eigenvalue weighted by molar-refractivity contribution is 1.01. The molecule has 0 spiro atoms. The molecule has 0 saturated heterocycles. The molecule has 1 unspecified atom stereocenters. The van der Waals surface area contributed by atoms with Gasteiger partial charge in [0.2, 0.25) is 0 Å². The molecule has 104 valence electrons. The van der Waals surface area contributed by atoms with Crippen LogP contribution in [0.15, 0.2) is 67.3 Å². The second kappa shape index (κ2) is 5.53. The standard InChI is InChI=1S/C20H19N/c1-3-4-9-20(21)14(2)15-10-11-19-17(12-15)13-16-7-5-6-8-18(16)19/h3-12,14,21H,1,13H2,2H3/b9-4-,21-20?. The van der Waals surface area contributed by atoms with Crippen molar-refractivity contribution in [3.63, 3.8) is 0 Å². The minimum Gasteiger partial charge on any atom is -0.305 e. The Morgan fingerprint density at radius 3 is 2.71 bits per heavy atom. The van der Waals surface area contributed by atoms with Gasteiger partial charge in [0, 0.05) is 11.6 Å². The highest BCUT2D eigenvalue weighted by Gasteiger charge is 2.19. The lowest BCUT2D eigenvalue weighted by atomic mass is 9.92. The third kappa shape index (κ3) is 2.47. The molecule has 1 aliphatic rings. The van der Waals surface area contributed by atoms with Crippen molar-refractivity contribution in [2.75, 3.05) is 0 Å². The van der Waals surface area contributed by atoms with Gasteiger partial charge in [0.25, 0.3) is 0 Å². The van der Waals surface area contributed by atoms with Crippen molar-refractivity contribution in [1.82, 2.24) is 0 Å². The van der Waals surface area contributed by atoms with Gasteiger partial charge in [-0.3, -0.25) is 0 Å². The van der Waals surface area contributed by atoms with E-state index in [1.165, 1.54) is 27.8 Å². The van der Waals surface area contributed by atoms with Crippen molar-refractivity contribution in [3.05, 3.63) is 84.0 Å². The molecule has 3 rings (SSSR count). The normalized spacial score (nSPS) is 13.8. The Hall–Kier alpha value is -2.41. The van der Waals surface area contributed by atoms with E-state index in [1.54, 1.807) is 6.08 Å². The van der Waals surface area contributed by atoms with E-state index in [9.17, 15) is 0 Å². The lowest BCUT2D eigenvalue weighted by Gasteiger charge is -2.12. The Bertz CT molecular complexity index is 737. The van der Waals surface area contributed by atoms with Gasteiger partial charge in [0.05, 0.1) is 0 Å². The summed E-state index contributed by atoms with van der Waals surface area (Å²) in [4.78, 5) is 0. The van der Waals surface area contributed by atoms with Gasteiger partial charge >= 0.3 is 0 Å². The summed E-state index contributed by atoms with van der Waals surface area (Å²) in [7, 11) is 0. The fraction of sp³-hybridized carbons (Fsp3) is 0.150. The maximum absolute atomic E-state index is 8.13. The van der Waals surface area contributed by atoms with Crippen molar-refractivity contribution in [2.45, 2.75) is 19.3 Å². The van der Waals surface area contributed by atoms with Crippen LogP contribution < -0.4 is 0 Å². The molecule has 0 heterocycles. The molecule has 0 aromatic heterocycles. The summed E-state index contributed by atoms with van der Waals surface area (Å²) in [6.07, 6.45) is 6.35. The van der Waals surface area contributed by atoms with Crippen LogP contribution in [0.25, 0.3) is 11.1 Å². The average molecular weight is 273 g/mol. The summed E-state index contributed by atoms with van der Waals surface area (Å²) in [5.41, 5.74) is 7.30. The topological polar surface area (TPSA) is 23.9 Å². The van der Waals surface area contributed by atoms with E-state index in [2.05, 4.69) is 56.0 Å². The Labute approximate surface area is 126 Å². The summed E-state index contributed by atoms with van der Waals surface area (Å²) in [5, 5.41) is 8.13. The molecular formula is C20H19N. The molecule has 0 aliphatic heterocycles. The molecule has 1 N–H and O–H groups in total. The minimum absolute atomic E-state index is 0.107. The average Bonchev–Trinajstić information content (AvgIpc) is 2.89. The van der Waals surface area contributed by atoms with Crippen LogP contribution in [0.2, 0.25) is 0 Å². The first-order valence-corrected chi connectivity index (χ1v) is 7.29. The molecule has 0 radical (unpaired) electrons. The van der Waals surface area contributed by atoms with Crippen LogP contribution in [-0.4, -0.2) is 5.71 Å². The first-order chi connectivity index (χ1) is 10.2. The van der Waals surface area contributed by atoms with Crippen molar-refractivity contribution >= 4 is 5.71 Å². The quantitative estimate of drug-likeness (QED) is 0.504. The maximum Gasteiger partial charge on any atom is 0.0385 e. The van der Waals surface area contributed by atoms with E-state index in [-0.39, 0.29) is 5.92 Å². The summed E-state index contributed by atoms with van der Waals surface area (Å²) >= 11 is 0. The predicted octanol–water partition coefficient (Wildman–Crippen LogP) is 5.12. The molecule has 0 saturated carbocycles. The Morgan fingerprint density at radius 2 is 1.90 bits per heavy atom. The number of nitrogens with one attached hydrogen (secondary N) is 1.